The van der Waals surface area contributed by atoms with E-state index in [4.69, 9.17) is 10.8 Å². The van der Waals surface area contributed by atoms with Crippen molar-refractivity contribution in [3.63, 3.8) is 0 Å². The van der Waals surface area contributed by atoms with Gasteiger partial charge in [-0.1, -0.05) is 6.92 Å². The van der Waals surface area contributed by atoms with E-state index in [1.807, 2.05) is 6.92 Å². The van der Waals surface area contributed by atoms with Gasteiger partial charge in [0.15, 0.2) is 0 Å². The summed E-state index contributed by atoms with van der Waals surface area (Å²) in [6.45, 7) is 3.70. The van der Waals surface area contributed by atoms with Gasteiger partial charge in [-0.2, -0.15) is 11.8 Å². The molecule has 4 atom stereocenters. The zero-order valence-corrected chi connectivity index (χ0v) is 9.96. The van der Waals surface area contributed by atoms with Crippen molar-refractivity contribution in [3.8, 4) is 0 Å². The number of hydrogen-bond acceptors (Lipinski definition) is 4. The minimum absolute atomic E-state index is 0.131. The van der Waals surface area contributed by atoms with Gasteiger partial charge in [-0.05, 0) is 26.2 Å². The van der Waals surface area contributed by atoms with Crippen LogP contribution in [-0.2, 0) is 4.79 Å². The zero-order chi connectivity index (χ0) is 11.6. The molecule has 1 aliphatic rings. The lowest BCUT2D eigenvalue weighted by Crippen LogP contribution is -2.45. The zero-order valence-electron chi connectivity index (χ0n) is 9.14. The summed E-state index contributed by atoms with van der Waals surface area (Å²) in [5.74, 6) is -0.907. The third-order valence-electron chi connectivity index (χ3n) is 3.02. The summed E-state index contributed by atoms with van der Waals surface area (Å²) in [5, 5.41) is 18.7. The Balaban J connectivity index is 2.47. The van der Waals surface area contributed by atoms with Crippen molar-refractivity contribution in [1.82, 2.24) is 0 Å². The lowest BCUT2D eigenvalue weighted by molar-refractivity contribution is -0.143. The molecule has 0 aromatic heterocycles. The van der Waals surface area contributed by atoms with Crippen LogP contribution in [0.15, 0.2) is 0 Å². The Morgan fingerprint density at radius 3 is 2.60 bits per heavy atom. The Hall–Kier alpha value is -0.260. The van der Waals surface area contributed by atoms with Crippen LogP contribution in [0.25, 0.3) is 0 Å². The van der Waals surface area contributed by atoms with Crippen LogP contribution in [-0.4, -0.2) is 38.3 Å². The Morgan fingerprint density at radius 1 is 1.60 bits per heavy atom. The number of carboxylic acid groups (broad SMARTS) is 1. The van der Waals surface area contributed by atoms with Crippen molar-refractivity contribution in [1.29, 1.82) is 0 Å². The summed E-state index contributed by atoms with van der Waals surface area (Å²) in [4.78, 5) is 10.9. The van der Waals surface area contributed by atoms with E-state index in [9.17, 15) is 9.90 Å². The van der Waals surface area contributed by atoms with E-state index in [-0.39, 0.29) is 16.6 Å². The molecule has 1 rings (SSSR count). The van der Waals surface area contributed by atoms with E-state index in [0.29, 0.717) is 12.8 Å². The van der Waals surface area contributed by atoms with Crippen LogP contribution in [0, 0.1) is 0 Å². The Labute approximate surface area is 94.2 Å². The van der Waals surface area contributed by atoms with Gasteiger partial charge in [0.05, 0.1) is 6.10 Å². The number of aliphatic carboxylic acids is 1. The van der Waals surface area contributed by atoms with Gasteiger partial charge >= 0.3 is 5.97 Å². The molecule has 1 aliphatic carbocycles. The summed E-state index contributed by atoms with van der Waals surface area (Å²) in [7, 11) is 0. The fourth-order valence-electron chi connectivity index (χ4n) is 1.76. The molecule has 4 unspecified atom stereocenters. The summed E-state index contributed by atoms with van der Waals surface area (Å²) < 4.78 is 0. The number of carboxylic acids is 1. The third kappa shape index (κ3) is 3.09. The number of carbonyl (C=O) groups is 1. The van der Waals surface area contributed by atoms with E-state index >= 15 is 0 Å². The maximum Gasteiger partial charge on any atom is 0.323 e. The lowest BCUT2D eigenvalue weighted by Gasteiger charge is -2.21. The number of aliphatic hydroxyl groups is 1. The van der Waals surface area contributed by atoms with Crippen molar-refractivity contribution < 1.29 is 15.0 Å². The molecular weight excluding hydrogens is 214 g/mol. The first-order valence-electron chi connectivity index (χ1n) is 5.21. The maximum absolute atomic E-state index is 10.9. The normalized spacial score (nSPS) is 35.1. The van der Waals surface area contributed by atoms with Gasteiger partial charge in [0, 0.05) is 10.5 Å². The van der Waals surface area contributed by atoms with Crippen molar-refractivity contribution in [2.75, 3.05) is 0 Å². The average Bonchev–Trinajstić information content (AvgIpc) is 2.48. The predicted octanol–water partition coefficient (Wildman–Crippen LogP) is 0.823. The standard InChI is InChI=1S/C10H19NO3S/c1-6(12)7(2)15-8-3-4-10(11,5-8)9(13)14/h6-8,12H,3-5,11H2,1-2H3,(H,13,14). The van der Waals surface area contributed by atoms with Crippen molar-refractivity contribution in [2.24, 2.45) is 5.73 Å². The monoisotopic (exact) mass is 233 g/mol. The summed E-state index contributed by atoms with van der Waals surface area (Å²) in [6, 6.07) is 0. The third-order valence-corrected chi connectivity index (χ3v) is 4.63. The second-order valence-electron chi connectivity index (χ2n) is 4.41. The number of nitrogens with two attached hydrogens (primary N) is 1. The molecule has 0 heterocycles. The minimum Gasteiger partial charge on any atom is -0.480 e. The largest absolute Gasteiger partial charge is 0.480 e. The van der Waals surface area contributed by atoms with Gasteiger partial charge in [-0.15, -0.1) is 0 Å². The van der Waals surface area contributed by atoms with Crippen LogP contribution in [0.2, 0.25) is 0 Å². The Morgan fingerprint density at radius 2 is 2.20 bits per heavy atom. The highest BCUT2D eigenvalue weighted by Gasteiger charge is 2.42. The fraction of sp³-hybridized carbons (Fsp3) is 0.900. The molecule has 1 saturated carbocycles. The van der Waals surface area contributed by atoms with E-state index in [2.05, 4.69) is 0 Å². The lowest BCUT2D eigenvalue weighted by atomic mass is 10.0. The topological polar surface area (TPSA) is 83.5 Å². The van der Waals surface area contributed by atoms with E-state index in [0.717, 1.165) is 6.42 Å². The minimum atomic E-state index is -1.05. The van der Waals surface area contributed by atoms with Crippen LogP contribution in [0.5, 0.6) is 0 Å². The maximum atomic E-state index is 10.9. The van der Waals surface area contributed by atoms with Crippen LogP contribution in [0.3, 0.4) is 0 Å². The molecule has 0 spiro atoms. The first-order valence-corrected chi connectivity index (χ1v) is 6.15. The Bertz CT molecular complexity index is 247. The van der Waals surface area contributed by atoms with Crippen molar-refractivity contribution in [3.05, 3.63) is 0 Å². The highest BCUT2D eigenvalue weighted by Crippen LogP contribution is 2.38. The molecule has 4 nitrogen and oxygen atoms in total. The highest BCUT2D eigenvalue weighted by atomic mass is 32.2. The van der Waals surface area contributed by atoms with Crippen molar-refractivity contribution >= 4 is 17.7 Å². The van der Waals surface area contributed by atoms with E-state index < -0.39 is 11.5 Å². The first kappa shape index (κ1) is 12.8. The average molecular weight is 233 g/mol. The molecule has 0 radical (unpaired) electrons. The summed E-state index contributed by atoms with van der Waals surface area (Å²) >= 11 is 1.64. The summed E-state index contributed by atoms with van der Waals surface area (Å²) in [6.07, 6.45) is 1.49. The van der Waals surface area contributed by atoms with Crippen molar-refractivity contribution in [2.45, 2.75) is 55.3 Å². The summed E-state index contributed by atoms with van der Waals surface area (Å²) in [5.41, 5.74) is 4.72. The van der Waals surface area contributed by atoms with Gasteiger partial charge in [-0.25, -0.2) is 0 Å². The molecule has 0 saturated heterocycles. The van der Waals surface area contributed by atoms with Crippen LogP contribution >= 0.6 is 11.8 Å². The molecule has 88 valence electrons. The van der Waals surface area contributed by atoms with E-state index in [1.165, 1.54) is 0 Å². The quantitative estimate of drug-likeness (QED) is 0.669. The van der Waals surface area contributed by atoms with Crippen LogP contribution < -0.4 is 5.73 Å². The molecule has 0 bridgehead atoms. The van der Waals surface area contributed by atoms with E-state index in [1.54, 1.807) is 18.7 Å². The van der Waals surface area contributed by atoms with Crippen LogP contribution in [0.4, 0.5) is 0 Å². The second kappa shape index (κ2) is 4.72. The smallest absolute Gasteiger partial charge is 0.323 e. The predicted molar refractivity (Wildman–Crippen MR) is 60.9 cm³/mol. The van der Waals surface area contributed by atoms with Crippen LogP contribution in [0.1, 0.15) is 33.1 Å². The molecule has 0 amide bonds. The van der Waals surface area contributed by atoms with Gasteiger partial charge in [0.1, 0.15) is 5.54 Å². The van der Waals surface area contributed by atoms with Gasteiger partial charge in [-0.3, -0.25) is 4.79 Å². The first-order chi connectivity index (χ1) is 6.85. The molecule has 0 aliphatic heterocycles. The molecule has 4 N–H and O–H groups in total. The number of thioether (sulfide) groups is 1. The molecule has 15 heavy (non-hydrogen) atoms. The Kier molecular flexibility index (Phi) is 4.03. The SMILES string of the molecule is CC(O)C(C)SC1CCC(N)(C(=O)O)C1. The number of hydrogen-bond donors (Lipinski definition) is 3. The fourth-order valence-corrected chi connectivity index (χ4v) is 3.24. The van der Waals surface area contributed by atoms with Gasteiger partial charge in [0.2, 0.25) is 0 Å². The molecule has 0 aromatic rings. The highest BCUT2D eigenvalue weighted by molar-refractivity contribution is 8.00. The number of aliphatic hydroxyl groups excluding tert-OH is 1. The molecule has 5 heteroatoms. The second-order valence-corrected chi connectivity index (χ2v) is 6.09. The molecule has 0 aromatic carbocycles. The molecular formula is C10H19NO3S. The van der Waals surface area contributed by atoms with Gasteiger partial charge in [0.25, 0.3) is 0 Å². The number of rotatable bonds is 4. The van der Waals surface area contributed by atoms with Gasteiger partial charge < -0.3 is 15.9 Å². The molecule has 1 fully saturated rings.